The summed E-state index contributed by atoms with van der Waals surface area (Å²) in [6.45, 7) is 8.54. The number of nitrogens with zero attached hydrogens (tertiary/aromatic N) is 2. The molecule has 0 bridgehead atoms. The highest BCUT2D eigenvalue weighted by atomic mass is 32.1. The Morgan fingerprint density at radius 1 is 1.47 bits per heavy atom. The molecule has 15 heavy (non-hydrogen) atoms. The van der Waals surface area contributed by atoms with Crippen LogP contribution in [-0.4, -0.2) is 32.2 Å². The molecule has 1 aromatic rings. The summed E-state index contributed by atoms with van der Waals surface area (Å²) in [7, 11) is 4.11. The quantitative estimate of drug-likeness (QED) is 0.834. The number of rotatable bonds is 5. The maximum atomic E-state index is 4.55. The lowest BCUT2D eigenvalue weighted by Crippen LogP contribution is -2.29. The molecule has 3 nitrogen and oxygen atoms in total. The maximum Gasteiger partial charge on any atom is 0.185 e. The lowest BCUT2D eigenvalue weighted by atomic mass is 10.2. The van der Waals surface area contributed by atoms with E-state index in [9.17, 15) is 0 Å². The summed E-state index contributed by atoms with van der Waals surface area (Å²) in [5.41, 5.74) is 1.16. The molecule has 86 valence electrons. The molecule has 0 radical (unpaired) electrons. The minimum Gasteiger partial charge on any atom is -0.351 e. The number of aromatic nitrogens is 1. The van der Waals surface area contributed by atoms with E-state index >= 15 is 0 Å². The van der Waals surface area contributed by atoms with Crippen molar-refractivity contribution in [1.29, 1.82) is 0 Å². The monoisotopic (exact) mass is 227 g/mol. The SMILES string of the molecule is CNCC(C)CN(C)c1nc(C)c(C)s1. The number of anilines is 1. The summed E-state index contributed by atoms with van der Waals surface area (Å²) < 4.78 is 0. The number of nitrogens with one attached hydrogen (secondary N) is 1. The molecule has 1 unspecified atom stereocenters. The third kappa shape index (κ3) is 3.47. The molecule has 0 saturated heterocycles. The highest BCUT2D eigenvalue weighted by Gasteiger charge is 2.11. The van der Waals surface area contributed by atoms with E-state index in [4.69, 9.17) is 0 Å². The van der Waals surface area contributed by atoms with Crippen LogP contribution in [0.15, 0.2) is 0 Å². The number of aryl methyl sites for hydroxylation is 2. The van der Waals surface area contributed by atoms with Crippen LogP contribution in [0.25, 0.3) is 0 Å². The standard InChI is InChI=1S/C11H21N3S/c1-8(6-12-4)7-14(5)11-13-9(2)10(3)15-11/h8,12H,6-7H2,1-5H3. The molecule has 0 spiro atoms. The molecular weight excluding hydrogens is 206 g/mol. The Morgan fingerprint density at radius 3 is 2.60 bits per heavy atom. The molecular formula is C11H21N3S. The van der Waals surface area contributed by atoms with E-state index in [-0.39, 0.29) is 0 Å². The van der Waals surface area contributed by atoms with Gasteiger partial charge in [-0.1, -0.05) is 6.92 Å². The first-order valence-corrected chi connectivity index (χ1v) is 6.16. The van der Waals surface area contributed by atoms with Crippen LogP contribution in [0, 0.1) is 19.8 Å². The van der Waals surface area contributed by atoms with Crippen molar-refractivity contribution in [2.45, 2.75) is 20.8 Å². The topological polar surface area (TPSA) is 28.2 Å². The van der Waals surface area contributed by atoms with Gasteiger partial charge >= 0.3 is 0 Å². The first kappa shape index (κ1) is 12.5. The Labute approximate surface area is 96.5 Å². The van der Waals surface area contributed by atoms with Gasteiger partial charge < -0.3 is 10.2 Å². The summed E-state index contributed by atoms with van der Waals surface area (Å²) in [4.78, 5) is 8.11. The Morgan fingerprint density at radius 2 is 2.13 bits per heavy atom. The van der Waals surface area contributed by atoms with Crippen LogP contribution in [0.2, 0.25) is 0 Å². The highest BCUT2D eigenvalue weighted by molar-refractivity contribution is 7.15. The van der Waals surface area contributed by atoms with E-state index in [1.165, 1.54) is 4.88 Å². The predicted octanol–water partition coefficient (Wildman–Crippen LogP) is 2.05. The average molecular weight is 227 g/mol. The predicted molar refractivity (Wildman–Crippen MR) is 67.9 cm³/mol. The summed E-state index contributed by atoms with van der Waals surface area (Å²) in [6.07, 6.45) is 0. The summed E-state index contributed by atoms with van der Waals surface area (Å²) in [6, 6.07) is 0. The van der Waals surface area contributed by atoms with Gasteiger partial charge in [0, 0.05) is 18.5 Å². The fourth-order valence-corrected chi connectivity index (χ4v) is 2.46. The molecule has 1 atom stereocenters. The van der Waals surface area contributed by atoms with Gasteiger partial charge in [-0.25, -0.2) is 4.98 Å². The van der Waals surface area contributed by atoms with Crippen LogP contribution in [0.3, 0.4) is 0 Å². The summed E-state index contributed by atoms with van der Waals surface area (Å²) in [5, 5.41) is 4.33. The second-order valence-electron chi connectivity index (χ2n) is 4.18. The molecule has 0 saturated carbocycles. The van der Waals surface area contributed by atoms with Crippen molar-refractivity contribution in [2.75, 3.05) is 32.1 Å². The third-order valence-electron chi connectivity index (χ3n) is 2.48. The van der Waals surface area contributed by atoms with Crippen molar-refractivity contribution < 1.29 is 0 Å². The van der Waals surface area contributed by atoms with E-state index in [1.807, 2.05) is 7.05 Å². The molecule has 1 N–H and O–H groups in total. The van der Waals surface area contributed by atoms with Crippen molar-refractivity contribution in [3.05, 3.63) is 10.6 Å². The van der Waals surface area contributed by atoms with E-state index in [0.717, 1.165) is 23.9 Å². The van der Waals surface area contributed by atoms with Crippen LogP contribution < -0.4 is 10.2 Å². The van der Waals surface area contributed by atoms with Gasteiger partial charge in [0.2, 0.25) is 0 Å². The smallest absolute Gasteiger partial charge is 0.185 e. The van der Waals surface area contributed by atoms with Gasteiger partial charge in [-0.05, 0) is 33.4 Å². The second-order valence-corrected chi connectivity index (χ2v) is 5.36. The number of thiazole rings is 1. The molecule has 0 aliphatic carbocycles. The fraction of sp³-hybridized carbons (Fsp3) is 0.727. The average Bonchev–Trinajstić information content (AvgIpc) is 2.47. The maximum absolute atomic E-state index is 4.55. The fourth-order valence-electron chi connectivity index (χ4n) is 1.58. The van der Waals surface area contributed by atoms with Gasteiger partial charge in [0.05, 0.1) is 5.69 Å². The minimum absolute atomic E-state index is 0.643. The van der Waals surface area contributed by atoms with Crippen molar-refractivity contribution in [2.24, 2.45) is 5.92 Å². The van der Waals surface area contributed by atoms with E-state index in [0.29, 0.717) is 5.92 Å². The minimum atomic E-state index is 0.643. The lowest BCUT2D eigenvalue weighted by molar-refractivity contribution is 0.542. The Balaban J connectivity index is 2.56. The van der Waals surface area contributed by atoms with Gasteiger partial charge in [0.15, 0.2) is 5.13 Å². The molecule has 1 aromatic heterocycles. The second kappa shape index (κ2) is 5.47. The molecule has 0 amide bonds. The van der Waals surface area contributed by atoms with Crippen molar-refractivity contribution in [3.63, 3.8) is 0 Å². The summed E-state index contributed by atoms with van der Waals surface area (Å²) in [5.74, 6) is 0.643. The first-order valence-electron chi connectivity index (χ1n) is 5.34. The van der Waals surface area contributed by atoms with Crippen LogP contribution in [0.1, 0.15) is 17.5 Å². The van der Waals surface area contributed by atoms with Gasteiger partial charge in [-0.2, -0.15) is 0 Å². The van der Waals surface area contributed by atoms with Crippen molar-refractivity contribution in [1.82, 2.24) is 10.3 Å². The van der Waals surface area contributed by atoms with Crippen LogP contribution in [-0.2, 0) is 0 Å². The molecule has 4 heteroatoms. The van der Waals surface area contributed by atoms with Crippen molar-refractivity contribution >= 4 is 16.5 Å². The molecule has 0 aromatic carbocycles. The molecule has 0 fully saturated rings. The van der Waals surface area contributed by atoms with Crippen molar-refractivity contribution in [3.8, 4) is 0 Å². The largest absolute Gasteiger partial charge is 0.351 e. The zero-order valence-corrected chi connectivity index (χ0v) is 11.1. The van der Waals surface area contributed by atoms with Crippen LogP contribution in [0.4, 0.5) is 5.13 Å². The summed E-state index contributed by atoms with van der Waals surface area (Å²) >= 11 is 1.78. The number of hydrogen-bond donors (Lipinski definition) is 1. The van der Waals surface area contributed by atoms with E-state index in [2.05, 4.69) is 43.0 Å². The van der Waals surface area contributed by atoms with Gasteiger partial charge in [-0.15, -0.1) is 11.3 Å². The molecule has 0 aliphatic rings. The Bertz CT molecular complexity index is 289. The number of hydrogen-bond acceptors (Lipinski definition) is 4. The van der Waals surface area contributed by atoms with Crippen LogP contribution >= 0.6 is 11.3 Å². The van der Waals surface area contributed by atoms with Gasteiger partial charge in [-0.3, -0.25) is 0 Å². The zero-order valence-electron chi connectivity index (χ0n) is 10.3. The van der Waals surface area contributed by atoms with Crippen LogP contribution in [0.5, 0.6) is 0 Å². The van der Waals surface area contributed by atoms with Gasteiger partial charge in [0.1, 0.15) is 0 Å². The zero-order chi connectivity index (χ0) is 11.4. The lowest BCUT2D eigenvalue weighted by Gasteiger charge is -2.20. The molecule has 1 rings (SSSR count). The Kier molecular flexibility index (Phi) is 4.54. The first-order chi connectivity index (χ1) is 7.04. The van der Waals surface area contributed by atoms with E-state index < -0.39 is 0 Å². The third-order valence-corrected chi connectivity index (χ3v) is 3.67. The molecule has 1 heterocycles. The normalized spacial score (nSPS) is 12.9. The van der Waals surface area contributed by atoms with E-state index in [1.54, 1.807) is 11.3 Å². The molecule has 0 aliphatic heterocycles. The Hall–Kier alpha value is -0.610. The van der Waals surface area contributed by atoms with Gasteiger partial charge in [0.25, 0.3) is 0 Å². The highest BCUT2D eigenvalue weighted by Crippen LogP contribution is 2.24.